The van der Waals surface area contributed by atoms with Gasteiger partial charge in [-0.2, -0.15) is 4.98 Å². The van der Waals surface area contributed by atoms with Crippen molar-refractivity contribution < 1.29 is 4.74 Å². The van der Waals surface area contributed by atoms with Crippen molar-refractivity contribution in [1.29, 1.82) is 0 Å². The Labute approximate surface area is 180 Å². The molecule has 4 heteroatoms. The number of hydrogen-bond acceptors (Lipinski definition) is 4. The second kappa shape index (κ2) is 16.5. The number of anilines is 1. The van der Waals surface area contributed by atoms with Crippen molar-refractivity contribution in [3.05, 3.63) is 11.8 Å². The first-order valence-corrected chi connectivity index (χ1v) is 12.3. The molecule has 0 aliphatic carbocycles. The Morgan fingerprint density at radius 2 is 1.28 bits per heavy atom. The lowest BCUT2D eigenvalue weighted by molar-refractivity contribution is 0.184. The summed E-state index contributed by atoms with van der Waals surface area (Å²) in [6.07, 6.45) is 19.8. The number of unbranched alkanes of at least 4 members (excludes halogenated alkanes) is 11. The highest BCUT2D eigenvalue weighted by atomic mass is 16.5. The highest BCUT2D eigenvalue weighted by Gasteiger charge is 2.11. The van der Waals surface area contributed by atoms with Crippen molar-refractivity contribution in [3.63, 3.8) is 0 Å². The molecule has 0 saturated heterocycles. The maximum Gasteiger partial charge on any atom is 0.228 e. The Bertz CT molecular complexity index is 515. The Morgan fingerprint density at radius 1 is 0.759 bits per heavy atom. The normalized spacial score (nSPS) is 11.2. The van der Waals surface area contributed by atoms with Crippen molar-refractivity contribution in [2.45, 2.75) is 123 Å². The molecule has 0 N–H and O–H groups in total. The third-order valence-corrected chi connectivity index (χ3v) is 5.63. The van der Waals surface area contributed by atoms with Crippen molar-refractivity contribution >= 4 is 5.95 Å². The molecule has 1 rings (SSSR count). The standard InChI is InChI=1S/C25H47N3O/c1-6-9-10-11-12-13-14-15-16-17-18-19-20-22-21-24(29-23(7-2)8-3)27-25(26-22)28(4)5/h21,23H,6-20H2,1-5H3. The van der Waals surface area contributed by atoms with Crippen molar-refractivity contribution in [2.75, 3.05) is 19.0 Å². The van der Waals surface area contributed by atoms with Gasteiger partial charge in [0.05, 0.1) is 6.10 Å². The minimum absolute atomic E-state index is 0.236. The lowest BCUT2D eigenvalue weighted by atomic mass is 10.0. The molecule has 0 bridgehead atoms. The van der Waals surface area contributed by atoms with Crippen molar-refractivity contribution in [3.8, 4) is 5.88 Å². The van der Waals surface area contributed by atoms with Gasteiger partial charge in [-0.05, 0) is 25.7 Å². The molecule has 1 aromatic rings. The number of hydrogen-bond donors (Lipinski definition) is 0. The van der Waals surface area contributed by atoms with Crippen LogP contribution in [-0.4, -0.2) is 30.2 Å². The molecule has 1 aromatic heterocycles. The van der Waals surface area contributed by atoms with Gasteiger partial charge in [0.2, 0.25) is 11.8 Å². The van der Waals surface area contributed by atoms with E-state index in [1.807, 2.05) is 25.1 Å². The van der Waals surface area contributed by atoms with Gasteiger partial charge in [-0.3, -0.25) is 0 Å². The second-order valence-electron chi connectivity index (χ2n) is 8.59. The lowest BCUT2D eigenvalue weighted by Crippen LogP contribution is -2.18. The summed E-state index contributed by atoms with van der Waals surface area (Å²) in [5.41, 5.74) is 1.11. The average Bonchev–Trinajstić information content (AvgIpc) is 2.72. The highest BCUT2D eigenvalue weighted by molar-refractivity contribution is 5.32. The van der Waals surface area contributed by atoms with Crippen LogP contribution < -0.4 is 9.64 Å². The summed E-state index contributed by atoms with van der Waals surface area (Å²) in [6, 6.07) is 2.05. The van der Waals surface area contributed by atoms with E-state index < -0.39 is 0 Å². The molecule has 0 radical (unpaired) electrons. The minimum atomic E-state index is 0.236. The first-order valence-electron chi connectivity index (χ1n) is 12.3. The molecular weight excluding hydrogens is 358 g/mol. The molecule has 0 atom stereocenters. The molecule has 0 spiro atoms. The third-order valence-electron chi connectivity index (χ3n) is 5.63. The molecule has 0 fully saturated rings. The smallest absolute Gasteiger partial charge is 0.228 e. The molecule has 1 heterocycles. The number of ether oxygens (including phenoxy) is 1. The molecule has 0 aromatic carbocycles. The van der Waals surface area contributed by atoms with E-state index in [-0.39, 0.29) is 6.10 Å². The fourth-order valence-corrected chi connectivity index (χ4v) is 3.62. The molecule has 0 amide bonds. The molecule has 4 nitrogen and oxygen atoms in total. The predicted octanol–water partition coefficient (Wildman–Crippen LogP) is 7.35. The summed E-state index contributed by atoms with van der Waals surface area (Å²) in [5, 5.41) is 0. The molecule has 0 saturated carbocycles. The quantitative estimate of drug-likeness (QED) is 0.239. The van der Waals surface area contributed by atoms with Gasteiger partial charge in [0.15, 0.2) is 0 Å². The lowest BCUT2D eigenvalue weighted by Gasteiger charge is -2.18. The van der Waals surface area contributed by atoms with Crippen LogP contribution in [0.1, 0.15) is 116 Å². The third kappa shape index (κ3) is 12.1. The zero-order chi connectivity index (χ0) is 21.3. The van der Waals surface area contributed by atoms with Crippen LogP contribution in [0.15, 0.2) is 6.07 Å². The van der Waals surface area contributed by atoms with Crippen molar-refractivity contribution in [2.24, 2.45) is 0 Å². The van der Waals surface area contributed by atoms with Crippen LogP contribution in [0, 0.1) is 0 Å². The van der Waals surface area contributed by atoms with Crippen LogP contribution in [0.5, 0.6) is 5.88 Å². The summed E-state index contributed by atoms with van der Waals surface area (Å²) in [7, 11) is 3.98. The highest BCUT2D eigenvalue weighted by Crippen LogP contribution is 2.19. The summed E-state index contributed by atoms with van der Waals surface area (Å²) < 4.78 is 6.08. The van der Waals surface area contributed by atoms with E-state index in [2.05, 4.69) is 25.8 Å². The zero-order valence-corrected chi connectivity index (χ0v) is 20.0. The molecule has 0 unspecified atom stereocenters. The monoisotopic (exact) mass is 405 g/mol. The van der Waals surface area contributed by atoms with Crippen LogP contribution in [0.3, 0.4) is 0 Å². The van der Waals surface area contributed by atoms with Gasteiger partial charge < -0.3 is 9.64 Å². The fraction of sp³-hybridized carbons (Fsp3) is 0.840. The van der Waals surface area contributed by atoms with Gasteiger partial charge in [0.25, 0.3) is 0 Å². The average molecular weight is 406 g/mol. The van der Waals surface area contributed by atoms with E-state index in [1.165, 1.54) is 77.0 Å². The Hall–Kier alpha value is -1.32. The van der Waals surface area contributed by atoms with Gasteiger partial charge in [-0.25, -0.2) is 4.98 Å². The van der Waals surface area contributed by atoms with Gasteiger partial charge >= 0.3 is 0 Å². The Morgan fingerprint density at radius 3 is 1.76 bits per heavy atom. The summed E-state index contributed by atoms with van der Waals surface area (Å²) in [6.45, 7) is 6.61. The number of nitrogens with zero attached hydrogens (tertiary/aromatic N) is 3. The Kier molecular flexibility index (Phi) is 14.6. The molecule has 168 valence electrons. The molecule has 0 aliphatic rings. The molecular formula is C25H47N3O. The zero-order valence-electron chi connectivity index (χ0n) is 20.0. The topological polar surface area (TPSA) is 38.2 Å². The van der Waals surface area contributed by atoms with Crippen LogP contribution in [0.2, 0.25) is 0 Å². The van der Waals surface area contributed by atoms with Gasteiger partial charge in [-0.15, -0.1) is 0 Å². The SMILES string of the molecule is CCCCCCCCCCCCCCc1cc(OC(CC)CC)nc(N(C)C)n1. The number of aryl methyl sites for hydroxylation is 1. The van der Waals surface area contributed by atoms with E-state index in [1.54, 1.807) is 0 Å². The maximum atomic E-state index is 6.08. The Balaban J connectivity index is 2.26. The first kappa shape index (κ1) is 25.7. The largest absolute Gasteiger partial charge is 0.474 e. The van der Waals surface area contributed by atoms with Crippen LogP contribution in [0.4, 0.5) is 5.95 Å². The summed E-state index contributed by atoms with van der Waals surface area (Å²) >= 11 is 0. The number of aromatic nitrogens is 2. The van der Waals surface area contributed by atoms with Crippen LogP contribution >= 0.6 is 0 Å². The van der Waals surface area contributed by atoms with Gasteiger partial charge in [0.1, 0.15) is 0 Å². The minimum Gasteiger partial charge on any atom is -0.474 e. The van der Waals surface area contributed by atoms with E-state index >= 15 is 0 Å². The van der Waals surface area contributed by atoms with E-state index in [4.69, 9.17) is 9.72 Å². The summed E-state index contributed by atoms with van der Waals surface area (Å²) in [5.74, 6) is 1.48. The maximum absolute atomic E-state index is 6.08. The van der Waals surface area contributed by atoms with E-state index in [0.29, 0.717) is 0 Å². The van der Waals surface area contributed by atoms with Gasteiger partial charge in [-0.1, -0.05) is 91.4 Å². The summed E-state index contributed by atoms with van der Waals surface area (Å²) in [4.78, 5) is 11.3. The first-order chi connectivity index (χ1) is 14.1. The number of rotatable bonds is 18. The molecule has 29 heavy (non-hydrogen) atoms. The van der Waals surface area contributed by atoms with E-state index in [0.717, 1.165) is 36.8 Å². The van der Waals surface area contributed by atoms with Crippen LogP contribution in [-0.2, 0) is 6.42 Å². The molecule has 0 aliphatic heterocycles. The fourth-order valence-electron chi connectivity index (χ4n) is 3.62. The van der Waals surface area contributed by atoms with Gasteiger partial charge in [0, 0.05) is 25.9 Å². The second-order valence-corrected chi connectivity index (χ2v) is 8.59. The van der Waals surface area contributed by atoms with E-state index in [9.17, 15) is 0 Å². The predicted molar refractivity (Wildman–Crippen MR) is 126 cm³/mol. The van der Waals surface area contributed by atoms with Crippen LogP contribution in [0.25, 0.3) is 0 Å². The van der Waals surface area contributed by atoms with Crippen molar-refractivity contribution in [1.82, 2.24) is 9.97 Å².